The van der Waals surface area contributed by atoms with Gasteiger partial charge in [-0.15, -0.1) is 6.42 Å². The molecule has 20 heavy (non-hydrogen) atoms. The van der Waals surface area contributed by atoms with Gasteiger partial charge in [0.1, 0.15) is 5.75 Å². The summed E-state index contributed by atoms with van der Waals surface area (Å²) in [6.07, 6.45) is 4.18. The number of terminal acetylenes is 1. The third-order valence-electron chi connectivity index (χ3n) is 2.27. The number of hydrogen-bond donors (Lipinski definition) is 2. The molecular formula is C12H13ClN2O4S. The summed E-state index contributed by atoms with van der Waals surface area (Å²) in [6, 6.07) is 3.72. The van der Waals surface area contributed by atoms with Crippen molar-refractivity contribution in [3.8, 4) is 18.1 Å². The molecule has 0 radical (unpaired) electrons. The van der Waals surface area contributed by atoms with Crippen LogP contribution in [0.4, 0.5) is 0 Å². The molecule has 1 aromatic rings. The van der Waals surface area contributed by atoms with Crippen LogP contribution in [0.1, 0.15) is 6.92 Å². The van der Waals surface area contributed by atoms with Crippen LogP contribution >= 0.6 is 11.6 Å². The molecule has 0 aliphatic rings. The van der Waals surface area contributed by atoms with Gasteiger partial charge in [0.25, 0.3) is 5.91 Å². The molecule has 0 spiro atoms. The van der Waals surface area contributed by atoms with E-state index >= 15 is 0 Å². The Kier molecular flexibility index (Phi) is 5.39. The number of carbonyl (C=O) groups is 1. The first kappa shape index (κ1) is 16.3. The lowest BCUT2D eigenvalue weighted by Crippen LogP contribution is -2.36. The topological polar surface area (TPSA) is 98.5 Å². The Morgan fingerprint density at radius 2 is 2.25 bits per heavy atom. The Labute approximate surface area is 122 Å². The molecule has 8 heteroatoms. The number of halogens is 1. The predicted octanol–water partition coefficient (Wildman–Crippen LogP) is 0.504. The number of carbonyl (C=O) groups excluding carboxylic acids is 1. The lowest BCUT2D eigenvalue weighted by molar-refractivity contribution is -0.126. The number of sulfonamides is 1. The van der Waals surface area contributed by atoms with Crippen LogP contribution in [-0.4, -0.2) is 27.0 Å². The third-order valence-corrected chi connectivity index (χ3v) is 3.48. The van der Waals surface area contributed by atoms with E-state index in [9.17, 15) is 13.2 Å². The molecule has 1 amide bonds. The molecule has 1 rings (SSSR count). The molecule has 0 aliphatic carbocycles. The minimum absolute atomic E-state index is 0.0353. The molecule has 3 N–H and O–H groups in total. The number of rotatable bonds is 5. The van der Waals surface area contributed by atoms with Gasteiger partial charge >= 0.3 is 0 Å². The number of amides is 1. The van der Waals surface area contributed by atoms with Gasteiger partial charge in [-0.2, -0.15) is 0 Å². The minimum atomic E-state index is -3.84. The fourth-order valence-corrected chi connectivity index (χ4v) is 2.11. The van der Waals surface area contributed by atoms with Gasteiger partial charge in [-0.3, -0.25) is 4.79 Å². The van der Waals surface area contributed by atoms with Crippen molar-refractivity contribution in [1.82, 2.24) is 5.32 Å². The summed E-state index contributed by atoms with van der Waals surface area (Å²) >= 11 is 5.88. The van der Waals surface area contributed by atoms with Crippen LogP contribution in [0.3, 0.4) is 0 Å². The number of hydrogen-bond acceptors (Lipinski definition) is 4. The van der Waals surface area contributed by atoms with Crippen molar-refractivity contribution < 1.29 is 17.9 Å². The van der Waals surface area contributed by atoms with Crippen LogP contribution in [0.2, 0.25) is 5.02 Å². The van der Waals surface area contributed by atoms with E-state index in [4.69, 9.17) is 27.9 Å². The standard InChI is InChI=1S/C12H13ClN2O4S/c1-3-6-15-12(16)8(2)19-11-5-4-9(7-10(11)13)20(14,17)18/h1,4-5,7-8H,6H2,2H3,(H,15,16)(H2,14,17,18). The molecule has 6 nitrogen and oxygen atoms in total. The van der Waals surface area contributed by atoms with Crippen LogP contribution in [0.25, 0.3) is 0 Å². The van der Waals surface area contributed by atoms with Crippen LogP contribution in [0.5, 0.6) is 5.75 Å². The molecule has 0 saturated carbocycles. The van der Waals surface area contributed by atoms with Crippen molar-refractivity contribution in [3.63, 3.8) is 0 Å². The van der Waals surface area contributed by atoms with Crippen LogP contribution in [0.15, 0.2) is 23.1 Å². The normalized spacial score (nSPS) is 12.3. The SMILES string of the molecule is C#CCNC(=O)C(C)Oc1ccc(S(N)(=O)=O)cc1Cl. The quantitative estimate of drug-likeness (QED) is 0.773. The van der Waals surface area contributed by atoms with Crippen LogP contribution in [-0.2, 0) is 14.8 Å². The van der Waals surface area contributed by atoms with Crippen molar-refractivity contribution in [2.75, 3.05) is 6.54 Å². The van der Waals surface area contributed by atoms with E-state index in [2.05, 4.69) is 11.2 Å². The summed E-state index contributed by atoms with van der Waals surface area (Å²) in [7, 11) is -3.84. The number of ether oxygens (including phenoxy) is 1. The molecule has 0 bridgehead atoms. The first-order valence-corrected chi connectivity index (χ1v) is 7.38. The second-order valence-electron chi connectivity index (χ2n) is 3.82. The molecule has 108 valence electrons. The maximum Gasteiger partial charge on any atom is 0.261 e. The van der Waals surface area contributed by atoms with E-state index in [0.29, 0.717) is 0 Å². The van der Waals surface area contributed by atoms with Crippen molar-refractivity contribution in [1.29, 1.82) is 0 Å². The monoisotopic (exact) mass is 316 g/mol. The number of primary sulfonamides is 1. The van der Waals surface area contributed by atoms with Gasteiger partial charge < -0.3 is 10.1 Å². The zero-order chi connectivity index (χ0) is 15.3. The number of nitrogens with one attached hydrogen (secondary N) is 1. The summed E-state index contributed by atoms with van der Waals surface area (Å²) in [5, 5.41) is 7.45. The molecule has 0 aliphatic heterocycles. The van der Waals surface area contributed by atoms with Crippen molar-refractivity contribution in [2.24, 2.45) is 5.14 Å². The van der Waals surface area contributed by atoms with E-state index in [1.165, 1.54) is 19.1 Å². The van der Waals surface area contributed by atoms with E-state index in [-0.39, 0.29) is 22.2 Å². The fraction of sp³-hybridized carbons (Fsp3) is 0.250. The van der Waals surface area contributed by atoms with E-state index in [1.54, 1.807) is 0 Å². The Morgan fingerprint density at radius 3 is 2.75 bits per heavy atom. The lowest BCUT2D eigenvalue weighted by Gasteiger charge is -2.15. The average Bonchev–Trinajstić information content (AvgIpc) is 2.36. The van der Waals surface area contributed by atoms with Gasteiger partial charge in [-0.1, -0.05) is 17.5 Å². The minimum Gasteiger partial charge on any atom is -0.479 e. The van der Waals surface area contributed by atoms with E-state index in [0.717, 1.165) is 6.07 Å². The second kappa shape index (κ2) is 6.61. The van der Waals surface area contributed by atoms with Crippen LogP contribution < -0.4 is 15.2 Å². The Hall–Kier alpha value is -1.75. The van der Waals surface area contributed by atoms with Crippen molar-refractivity contribution in [3.05, 3.63) is 23.2 Å². The number of nitrogens with two attached hydrogens (primary N) is 1. The Morgan fingerprint density at radius 1 is 1.60 bits per heavy atom. The molecule has 1 unspecified atom stereocenters. The molecule has 0 aromatic heterocycles. The summed E-state index contributed by atoms with van der Waals surface area (Å²) < 4.78 is 27.6. The number of benzene rings is 1. The first-order chi connectivity index (χ1) is 9.25. The zero-order valence-corrected chi connectivity index (χ0v) is 12.2. The molecule has 1 atom stereocenters. The molecule has 1 aromatic carbocycles. The Balaban J connectivity index is 2.84. The average molecular weight is 317 g/mol. The Bertz CT molecular complexity index is 652. The van der Waals surface area contributed by atoms with E-state index in [1.807, 2.05) is 0 Å². The van der Waals surface area contributed by atoms with E-state index < -0.39 is 22.0 Å². The highest BCUT2D eigenvalue weighted by molar-refractivity contribution is 7.89. The van der Waals surface area contributed by atoms with Crippen molar-refractivity contribution >= 4 is 27.5 Å². The summed E-state index contributed by atoms with van der Waals surface area (Å²) in [5.74, 6) is 2.02. The maximum absolute atomic E-state index is 11.6. The second-order valence-corrected chi connectivity index (χ2v) is 5.79. The van der Waals surface area contributed by atoms with Gasteiger partial charge in [0.2, 0.25) is 10.0 Å². The van der Waals surface area contributed by atoms with Crippen molar-refractivity contribution in [2.45, 2.75) is 17.9 Å². The predicted molar refractivity (Wildman–Crippen MR) is 74.8 cm³/mol. The third kappa shape index (κ3) is 4.42. The molecular weight excluding hydrogens is 304 g/mol. The smallest absolute Gasteiger partial charge is 0.261 e. The van der Waals surface area contributed by atoms with Gasteiger partial charge in [-0.05, 0) is 25.1 Å². The molecule has 0 saturated heterocycles. The van der Waals surface area contributed by atoms with Crippen LogP contribution in [0, 0.1) is 12.3 Å². The van der Waals surface area contributed by atoms with Gasteiger partial charge in [0, 0.05) is 0 Å². The largest absolute Gasteiger partial charge is 0.479 e. The molecule has 0 heterocycles. The fourth-order valence-electron chi connectivity index (χ4n) is 1.28. The highest BCUT2D eigenvalue weighted by Crippen LogP contribution is 2.27. The summed E-state index contributed by atoms with van der Waals surface area (Å²) in [6.45, 7) is 1.60. The van der Waals surface area contributed by atoms with Gasteiger partial charge in [-0.25, -0.2) is 13.6 Å². The zero-order valence-electron chi connectivity index (χ0n) is 10.6. The highest BCUT2D eigenvalue weighted by atomic mass is 35.5. The highest BCUT2D eigenvalue weighted by Gasteiger charge is 2.17. The van der Waals surface area contributed by atoms with Gasteiger partial charge in [0.05, 0.1) is 16.5 Å². The summed E-state index contributed by atoms with van der Waals surface area (Å²) in [4.78, 5) is 11.4. The maximum atomic E-state index is 11.6. The summed E-state index contributed by atoms with van der Waals surface area (Å²) in [5.41, 5.74) is 0. The van der Waals surface area contributed by atoms with Gasteiger partial charge in [0.15, 0.2) is 6.10 Å². The molecule has 0 fully saturated rings. The lowest BCUT2D eigenvalue weighted by atomic mass is 10.3. The first-order valence-electron chi connectivity index (χ1n) is 5.46.